The molecule has 0 radical (unpaired) electrons. The lowest BCUT2D eigenvalue weighted by atomic mass is 10.2. The molecule has 1 unspecified atom stereocenters. The average molecular weight is 479 g/mol. The Labute approximate surface area is 203 Å². The van der Waals surface area contributed by atoms with E-state index in [9.17, 15) is 4.79 Å². The molecule has 0 aromatic carbocycles. The van der Waals surface area contributed by atoms with Crippen molar-refractivity contribution in [2.75, 3.05) is 54.6 Å². The molecule has 13 nitrogen and oxygen atoms in total. The largest absolute Gasteiger partial charge is 0.353 e. The molecule has 2 fully saturated rings. The predicted molar refractivity (Wildman–Crippen MR) is 132 cm³/mol. The Balaban J connectivity index is 1.37. The van der Waals surface area contributed by atoms with E-state index in [0.717, 1.165) is 18.7 Å². The number of nitrogens with one attached hydrogen (secondary N) is 4. The Kier molecular flexibility index (Phi) is 6.66. The van der Waals surface area contributed by atoms with Gasteiger partial charge in [0.1, 0.15) is 6.04 Å². The number of aromatic amines is 1. The van der Waals surface area contributed by atoms with Crippen molar-refractivity contribution in [2.24, 2.45) is 0 Å². The number of aromatic nitrogens is 7. The van der Waals surface area contributed by atoms with Crippen LogP contribution in [0.1, 0.15) is 37.3 Å². The van der Waals surface area contributed by atoms with Gasteiger partial charge in [-0.3, -0.25) is 14.9 Å². The number of carbonyl (C=O) groups is 1. The second kappa shape index (κ2) is 10.2. The highest BCUT2D eigenvalue weighted by molar-refractivity contribution is 5.96. The molecule has 13 heteroatoms. The van der Waals surface area contributed by atoms with Crippen LogP contribution in [0.4, 0.5) is 29.5 Å². The first-order chi connectivity index (χ1) is 17.0. The minimum Gasteiger partial charge on any atom is -0.353 e. The third-order valence-electron chi connectivity index (χ3n) is 5.95. The summed E-state index contributed by atoms with van der Waals surface area (Å²) in [5.74, 6) is 2.72. The van der Waals surface area contributed by atoms with E-state index in [1.165, 1.54) is 19.0 Å². The van der Waals surface area contributed by atoms with Crippen LogP contribution in [0.2, 0.25) is 0 Å². The fourth-order valence-electron chi connectivity index (χ4n) is 3.99. The van der Waals surface area contributed by atoms with Crippen LogP contribution in [0, 0.1) is 0 Å². The van der Waals surface area contributed by atoms with Crippen LogP contribution in [0.15, 0.2) is 24.7 Å². The number of anilines is 5. The molecule has 1 aliphatic heterocycles. The maximum atomic E-state index is 13.0. The van der Waals surface area contributed by atoms with Crippen molar-refractivity contribution in [2.45, 2.75) is 37.6 Å². The Bertz CT molecular complexity index is 1150. The van der Waals surface area contributed by atoms with Crippen LogP contribution in [-0.4, -0.2) is 85.7 Å². The highest BCUT2D eigenvalue weighted by atomic mass is 16.2. The molecule has 1 atom stereocenters. The number of nitrogens with zero attached hydrogens (tertiary/aromatic N) is 8. The van der Waals surface area contributed by atoms with Crippen LogP contribution in [0.25, 0.3) is 0 Å². The first kappa shape index (κ1) is 22.9. The standard InChI is InChI=1S/C22H30N12O/c1-33(2)11-9-25-20-28-21(27-17-12-15(31-32-17)14-5-6-14)30-22(29-20)34-10-3-4-16(34)19(35)26-18-13-23-7-8-24-18/h7-8,12-14,16H,3-6,9-11H2,1-2H3,(H,24,26,35)(H3,25,27,28,29,30,31,32). The summed E-state index contributed by atoms with van der Waals surface area (Å²) >= 11 is 0. The summed E-state index contributed by atoms with van der Waals surface area (Å²) in [5, 5.41) is 16.7. The molecular formula is C22H30N12O. The van der Waals surface area contributed by atoms with Crippen LogP contribution >= 0.6 is 0 Å². The van der Waals surface area contributed by atoms with Crippen molar-refractivity contribution in [1.82, 2.24) is 40.0 Å². The van der Waals surface area contributed by atoms with Crippen molar-refractivity contribution in [1.29, 1.82) is 0 Å². The molecule has 1 amide bonds. The van der Waals surface area contributed by atoms with Gasteiger partial charge in [-0.2, -0.15) is 20.1 Å². The van der Waals surface area contributed by atoms with Crippen molar-refractivity contribution in [3.63, 3.8) is 0 Å². The molecule has 1 saturated carbocycles. The van der Waals surface area contributed by atoms with Gasteiger partial charge < -0.3 is 25.8 Å². The van der Waals surface area contributed by atoms with Crippen LogP contribution in [-0.2, 0) is 4.79 Å². The van der Waals surface area contributed by atoms with E-state index in [2.05, 4.69) is 56.0 Å². The summed E-state index contributed by atoms with van der Waals surface area (Å²) in [6.07, 6.45) is 8.54. The zero-order chi connectivity index (χ0) is 24.2. The van der Waals surface area contributed by atoms with Gasteiger partial charge in [-0.15, -0.1) is 0 Å². The zero-order valence-electron chi connectivity index (χ0n) is 19.9. The SMILES string of the molecule is CN(C)CCNc1nc(Nc2cc(C3CC3)[nH]n2)nc(N2CCCC2C(=O)Nc2cnccn2)n1. The maximum Gasteiger partial charge on any atom is 0.248 e. The molecule has 0 spiro atoms. The first-order valence-electron chi connectivity index (χ1n) is 11.9. The van der Waals surface area contributed by atoms with E-state index in [4.69, 9.17) is 0 Å². The lowest BCUT2D eigenvalue weighted by Gasteiger charge is -2.24. The number of rotatable bonds is 10. The fourth-order valence-corrected chi connectivity index (χ4v) is 3.99. The molecule has 4 heterocycles. The van der Waals surface area contributed by atoms with Crippen molar-refractivity contribution < 1.29 is 4.79 Å². The van der Waals surface area contributed by atoms with Gasteiger partial charge in [-0.05, 0) is 39.8 Å². The highest BCUT2D eigenvalue weighted by Crippen LogP contribution is 2.39. The average Bonchev–Trinajstić information content (AvgIpc) is 3.38. The lowest BCUT2D eigenvalue weighted by molar-refractivity contribution is -0.117. The van der Waals surface area contributed by atoms with Crippen LogP contribution in [0.5, 0.6) is 0 Å². The molecule has 4 N–H and O–H groups in total. The van der Waals surface area contributed by atoms with Crippen molar-refractivity contribution in [3.05, 3.63) is 30.4 Å². The number of likely N-dealkylation sites (N-methyl/N-ethyl adjacent to an activating group) is 1. The smallest absolute Gasteiger partial charge is 0.248 e. The van der Waals surface area contributed by atoms with Gasteiger partial charge in [-0.25, -0.2) is 4.98 Å². The molecular weight excluding hydrogens is 448 g/mol. The van der Waals surface area contributed by atoms with Gasteiger partial charge in [-0.1, -0.05) is 0 Å². The van der Waals surface area contributed by atoms with Gasteiger partial charge >= 0.3 is 0 Å². The highest BCUT2D eigenvalue weighted by Gasteiger charge is 2.33. The number of carbonyl (C=O) groups excluding carboxylic acids is 1. The van der Waals surface area contributed by atoms with Crippen molar-refractivity contribution >= 4 is 35.4 Å². The van der Waals surface area contributed by atoms with E-state index >= 15 is 0 Å². The van der Waals surface area contributed by atoms with Gasteiger partial charge in [0.15, 0.2) is 11.6 Å². The Morgan fingerprint density at radius 3 is 2.77 bits per heavy atom. The van der Waals surface area contributed by atoms with Crippen LogP contribution in [0.3, 0.4) is 0 Å². The molecule has 3 aromatic rings. The number of H-pyrrole nitrogens is 1. The van der Waals surface area contributed by atoms with E-state index in [0.29, 0.717) is 54.9 Å². The monoisotopic (exact) mass is 478 g/mol. The summed E-state index contributed by atoms with van der Waals surface area (Å²) in [6.45, 7) is 2.15. The Hall–Kier alpha value is -3.87. The lowest BCUT2D eigenvalue weighted by Crippen LogP contribution is -2.41. The molecule has 5 rings (SSSR count). The summed E-state index contributed by atoms with van der Waals surface area (Å²) in [6, 6.07) is 1.57. The second-order valence-electron chi connectivity index (χ2n) is 9.05. The summed E-state index contributed by atoms with van der Waals surface area (Å²) < 4.78 is 0. The molecule has 1 aliphatic carbocycles. The normalized spacial score (nSPS) is 17.6. The molecule has 2 aliphatic rings. The van der Waals surface area contributed by atoms with E-state index in [-0.39, 0.29) is 5.91 Å². The van der Waals surface area contributed by atoms with Gasteiger partial charge in [0.25, 0.3) is 0 Å². The second-order valence-corrected chi connectivity index (χ2v) is 9.05. The topological polar surface area (TPSA) is 153 Å². The molecule has 184 valence electrons. The zero-order valence-corrected chi connectivity index (χ0v) is 19.9. The third kappa shape index (κ3) is 5.80. The van der Waals surface area contributed by atoms with E-state index in [1.807, 2.05) is 25.1 Å². The van der Waals surface area contributed by atoms with Gasteiger partial charge in [0, 0.05) is 49.7 Å². The molecule has 3 aromatic heterocycles. The number of hydrogen-bond donors (Lipinski definition) is 4. The minimum atomic E-state index is -0.422. The van der Waals surface area contributed by atoms with Gasteiger partial charge in [0.05, 0.1) is 6.20 Å². The number of amides is 1. The number of hydrogen-bond acceptors (Lipinski definition) is 11. The summed E-state index contributed by atoms with van der Waals surface area (Å²) in [7, 11) is 4.01. The quantitative estimate of drug-likeness (QED) is 0.336. The van der Waals surface area contributed by atoms with Crippen LogP contribution < -0.4 is 20.9 Å². The fraction of sp³-hybridized carbons (Fsp3) is 0.500. The van der Waals surface area contributed by atoms with E-state index < -0.39 is 6.04 Å². The molecule has 35 heavy (non-hydrogen) atoms. The molecule has 1 saturated heterocycles. The first-order valence-corrected chi connectivity index (χ1v) is 11.9. The maximum absolute atomic E-state index is 13.0. The predicted octanol–water partition coefficient (Wildman–Crippen LogP) is 1.59. The minimum absolute atomic E-state index is 0.165. The van der Waals surface area contributed by atoms with E-state index in [1.54, 1.807) is 12.4 Å². The Morgan fingerprint density at radius 2 is 2.00 bits per heavy atom. The summed E-state index contributed by atoms with van der Waals surface area (Å²) in [5.41, 5.74) is 1.12. The Morgan fingerprint density at radius 1 is 1.14 bits per heavy atom. The van der Waals surface area contributed by atoms with Crippen molar-refractivity contribution in [3.8, 4) is 0 Å². The summed E-state index contributed by atoms with van der Waals surface area (Å²) in [4.78, 5) is 39.0. The molecule has 0 bridgehead atoms. The van der Waals surface area contributed by atoms with Gasteiger partial charge in [0.2, 0.25) is 23.8 Å². The third-order valence-corrected chi connectivity index (χ3v) is 5.95.